The van der Waals surface area contributed by atoms with Crippen LogP contribution in [0.25, 0.3) is 11.3 Å². The highest BCUT2D eigenvalue weighted by Crippen LogP contribution is 2.35. The number of rotatable bonds is 2. The summed E-state index contributed by atoms with van der Waals surface area (Å²) in [4.78, 5) is 4.10. The number of nitrogens with zero attached hydrogens (tertiary/aromatic N) is 3. The van der Waals surface area contributed by atoms with Gasteiger partial charge >= 0.3 is 0 Å². The molecule has 1 aromatic heterocycles. The number of halogens is 2. The molecular formula is C10H7Cl2N3OS. The van der Waals surface area contributed by atoms with E-state index in [1.807, 2.05) is 6.26 Å². The fraction of sp³-hybridized carbons (Fsp3) is 0.100. The topological polar surface area (TPSA) is 58.9 Å². The molecule has 0 aliphatic carbocycles. The Morgan fingerprint density at radius 3 is 2.29 bits per heavy atom. The Labute approximate surface area is 112 Å². The van der Waals surface area contributed by atoms with E-state index in [9.17, 15) is 5.11 Å². The van der Waals surface area contributed by atoms with Crippen LogP contribution in [-0.2, 0) is 0 Å². The van der Waals surface area contributed by atoms with Crippen LogP contribution in [0, 0.1) is 0 Å². The third kappa shape index (κ3) is 2.62. The summed E-state index contributed by atoms with van der Waals surface area (Å²) in [7, 11) is 0. The second-order valence-corrected chi connectivity index (χ2v) is 4.71. The Bertz CT molecular complexity index is 525. The minimum Gasteiger partial charge on any atom is -0.505 e. The van der Waals surface area contributed by atoms with Crippen LogP contribution in [0.5, 0.6) is 5.75 Å². The number of benzene rings is 1. The van der Waals surface area contributed by atoms with E-state index >= 15 is 0 Å². The van der Waals surface area contributed by atoms with E-state index in [0.29, 0.717) is 16.4 Å². The van der Waals surface area contributed by atoms with Gasteiger partial charge in [0.15, 0.2) is 5.75 Å². The molecule has 0 fully saturated rings. The van der Waals surface area contributed by atoms with Crippen molar-refractivity contribution in [2.45, 2.75) is 5.16 Å². The minimum absolute atomic E-state index is 0.140. The number of hydrogen-bond acceptors (Lipinski definition) is 5. The van der Waals surface area contributed by atoms with E-state index in [1.165, 1.54) is 11.8 Å². The molecule has 0 aliphatic rings. The molecule has 0 radical (unpaired) electrons. The van der Waals surface area contributed by atoms with E-state index < -0.39 is 0 Å². The van der Waals surface area contributed by atoms with Gasteiger partial charge in [0, 0.05) is 5.56 Å². The van der Waals surface area contributed by atoms with Crippen LogP contribution in [0.15, 0.2) is 23.5 Å². The standard InChI is InChI=1S/C10H7Cl2N3OS/c1-17-10-13-4-8(14-15-10)5-2-6(11)9(16)7(12)3-5/h2-4,16H,1H3. The SMILES string of the molecule is CSc1ncc(-c2cc(Cl)c(O)c(Cl)c2)nn1. The first-order valence-corrected chi connectivity index (χ1v) is 6.52. The van der Waals surface area contributed by atoms with Gasteiger partial charge in [0.05, 0.1) is 16.2 Å². The van der Waals surface area contributed by atoms with Crippen LogP contribution in [-0.4, -0.2) is 26.5 Å². The average Bonchev–Trinajstić information content (AvgIpc) is 2.35. The number of aromatic hydroxyl groups is 1. The Hall–Kier alpha value is -1.04. The molecular weight excluding hydrogens is 281 g/mol. The first-order chi connectivity index (χ1) is 8.11. The first-order valence-electron chi connectivity index (χ1n) is 4.54. The van der Waals surface area contributed by atoms with Gasteiger partial charge < -0.3 is 5.11 Å². The summed E-state index contributed by atoms with van der Waals surface area (Å²) in [6.07, 6.45) is 3.45. The quantitative estimate of drug-likeness (QED) is 0.859. The molecule has 1 N–H and O–H groups in total. The summed E-state index contributed by atoms with van der Waals surface area (Å²) in [5, 5.41) is 18.3. The number of phenols is 1. The highest BCUT2D eigenvalue weighted by molar-refractivity contribution is 7.98. The summed E-state index contributed by atoms with van der Waals surface area (Å²) in [5.74, 6) is -0.140. The van der Waals surface area contributed by atoms with E-state index in [2.05, 4.69) is 15.2 Å². The van der Waals surface area contributed by atoms with Crippen molar-refractivity contribution in [3.05, 3.63) is 28.4 Å². The van der Waals surface area contributed by atoms with E-state index in [-0.39, 0.29) is 15.8 Å². The molecule has 0 amide bonds. The predicted molar refractivity (Wildman–Crippen MR) is 68.7 cm³/mol. The van der Waals surface area contributed by atoms with Gasteiger partial charge in [-0.1, -0.05) is 35.0 Å². The second kappa shape index (κ2) is 5.08. The predicted octanol–water partition coefficient (Wildman–Crippen LogP) is 3.27. The molecule has 4 nitrogen and oxygen atoms in total. The van der Waals surface area contributed by atoms with Crippen LogP contribution in [0.1, 0.15) is 0 Å². The van der Waals surface area contributed by atoms with E-state index in [4.69, 9.17) is 23.2 Å². The Kier molecular flexibility index (Phi) is 3.71. The molecule has 2 rings (SSSR count). The summed E-state index contributed by atoms with van der Waals surface area (Å²) in [6.45, 7) is 0. The van der Waals surface area contributed by atoms with Gasteiger partial charge in [-0.05, 0) is 18.4 Å². The summed E-state index contributed by atoms with van der Waals surface area (Å²) >= 11 is 13.0. The van der Waals surface area contributed by atoms with Gasteiger partial charge in [-0.15, -0.1) is 10.2 Å². The third-order valence-corrected chi connectivity index (χ3v) is 3.16. The molecule has 1 heterocycles. The van der Waals surface area contributed by atoms with Crippen LogP contribution in [0.2, 0.25) is 10.0 Å². The van der Waals surface area contributed by atoms with Gasteiger partial charge in [0.25, 0.3) is 0 Å². The highest BCUT2D eigenvalue weighted by atomic mass is 35.5. The molecule has 0 unspecified atom stereocenters. The molecule has 0 atom stereocenters. The molecule has 17 heavy (non-hydrogen) atoms. The van der Waals surface area contributed by atoms with Crippen molar-refractivity contribution in [1.82, 2.24) is 15.2 Å². The Morgan fingerprint density at radius 1 is 1.18 bits per heavy atom. The lowest BCUT2D eigenvalue weighted by atomic mass is 10.1. The lowest BCUT2D eigenvalue weighted by Gasteiger charge is -2.04. The lowest BCUT2D eigenvalue weighted by Crippen LogP contribution is -1.92. The molecule has 0 saturated heterocycles. The van der Waals surface area contributed by atoms with Crippen molar-refractivity contribution >= 4 is 35.0 Å². The minimum atomic E-state index is -0.140. The van der Waals surface area contributed by atoms with Gasteiger partial charge in [0.2, 0.25) is 5.16 Å². The number of hydrogen-bond donors (Lipinski definition) is 1. The van der Waals surface area contributed by atoms with Crippen molar-refractivity contribution in [3.63, 3.8) is 0 Å². The Morgan fingerprint density at radius 2 is 1.82 bits per heavy atom. The van der Waals surface area contributed by atoms with Crippen molar-refractivity contribution in [2.75, 3.05) is 6.26 Å². The molecule has 0 bridgehead atoms. The van der Waals surface area contributed by atoms with Crippen LogP contribution < -0.4 is 0 Å². The maximum atomic E-state index is 9.44. The highest BCUT2D eigenvalue weighted by Gasteiger charge is 2.09. The molecule has 0 spiro atoms. The van der Waals surface area contributed by atoms with Gasteiger partial charge in [-0.25, -0.2) is 4.98 Å². The molecule has 7 heteroatoms. The number of phenolic OH excluding ortho intramolecular Hbond substituents is 1. The zero-order valence-corrected chi connectivity index (χ0v) is 11.0. The number of thioether (sulfide) groups is 1. The molecule has 88 valence electrons. The largest absolute Gasteiger partial charge is 0.505 e. The fourth-order valence-electron chi connectivity index (χ4n) is 1.20. The molecule has 1 aromatic carbocycles. The van der Waals surface area contributed by atoms with Crippen molar-refractivity contribution in [2.24, 2.45) is 0 Å². The van der Waals surface area contributed by atoms with Gasteiger partial charge in [-0.2, -0.15) is 0 Å². The number of aromatic nitrogens is 3. The smallest absolute Gasteiger partial charge is 0.208 e. The fourth-order valence-corrected chi connectivity index (χ4v) is 1.97. The Balaban J connectivity index is 2.45. The van der Waals surface area contributed by atoms with E-state index in [0.717, 1.165) is 0 Å². The third-order valence-electron chi connectivity index (χ3n) is 2.04. The molecule has 0 aliphatic heterocycles. The van der Waals surface area contributed by atoms with E-state index in [1.54, 1.807) is 18.3 Å². The normalized spacial score (nSPS) is 10.5. The average molecular weight is 288 g/mol. The maximum Gasteiger partial charge on any atom is 0.208 e. The maximum absolute atomic E-state index is 9.44. The molecule has 0 saturated carbocycles. The van der Waals surface area contributed by atoms with Gasteiger partial charge in [-0.3, -0.25) is 0 Å². The second-order valence-electron chi connectivity index (χ2n) is 3.12. The van der Waals surface area contributed by atoms with Gasteiger partial charge in [0.1, 0.15) is 5.69 Å². The summed E-state index contributed by atoms with van der Waals surface area (Å²) < 4.78 is 0. The lowest BCUT2D eigenvalue weighted by molar-refractivity contribution is 0.476. The van der Waals surface area contributed by atoms with Crippen LogP contribution in [0.4, 0.5) is 0 Å². The van der Waals surface area contributed by atoms with Crippen molar-refractivity contribution in [3.8, 4) is 17.0 Å². The summed E-state index contributed by atoms with van der Waals surface area (Å²) in [5.41, 5.74) is 1.21. The first kappa shape index (κ1) is 12.4. The van der Waals surface area contributed by atoms with Crippen LogP contribution >= 0.6 is 35.0 Å². The zero-order valence-electron chi connectivity index (χ0n) is 8.69. The monoisotopic (exact) mass is 287 g/mol. The molecule has 2 aromatic rings. The van der Waals surface area contributed by atoms with Crippen molar-refractivity contribution < 1.29 is 5.11 Å². The van der Waals surface area contributed by atoms with Crippen LogP contribution in [0.3, 0.4) is 0 Å². The summed E-state index contributed by atoms with van der Waals surface area (Å²) in [6, 6.07) is 3.13. The van der Waals surface area contributed by atoms with Crippen molar-refractivity contribution in [1.29, 1.82) is 0 Å². The zero-order chi connectivity index (χ0) is 12.4.